The number of fused-ring (bicyclic) bond motifs is 1. The summed E-state index contributed by atoms with van der Waals surface area (Å²) in [5.41, 5.74) is 5.47. The molecule has 2 nitrogen and oxygen atoms in total. The summed E-state index contributed by atoms with van der Waals surface area (Å²) in [7, 11) is 0. The van der Waals surface area contributed by atoms with Crippen LogP contribution in [0.5, 0.6) is 0 Å². The molecule has 0 amide bonds. The Hall–Kier alpha value is -1.23. The molecule has 1 aromatic carbocycles. The standard InChI is InChI=1S/C16H21F3N2/c17-16(18,19)14-9-13(20)7-6-12(14)10-21-8-2-4-11-3-1-5-15(11)21/h6-7,9,11,15H,1-5,8,10,20H2. The van der Waals surface area contributed by atoms with E-state index in [0.717, 1.165) is 25.5 Å². The number of nitrogen functional groups attached to an aromatic ring is 1. The summed E-state index contributed by atoms with van der Waals surface area (Å²) in [5, 5.41) is 0. The van der Waals surface area contributed by atoms with Crippen LogP contribution in [-0.2, 0) is 12.7 Å². The minimum Gasteiger partial charge on any atom is -0.399 e. The molecule has 3 rings (SSSR count). The highest BCUT2D eigenvalue weighted by atomic mass is 19.4. The highest BCUT2D eigenvalue weighted by Gasteiger charge is 2.37. The molecule has 5 heteroatoms. The number of halogens is 3. The lowest BCUT2D eigenvalue weighted by molar-refractivity contribution is -0.138. The molecule has 0 radical (unpaired) electrons. The van der Waals surface area contributed by atoms with Crippen molar-refractivity contribution < 1.29 is 13.2 Å². The van der Waals surface area contributed by atoms with E-state index >= 15 is 0 Å². The van der Waals surface area contributed by atoms with Gasteiger partial charge in [0.1, 0.15) is 0 Å². The zero-order chi connectivity index (χ0) is 15.0. The first-order valence-electron chi connectivity index (χ1n) is 7.65. The first kappa shape index (κ1) is 14.7. The van der Waals surface area contributed by atoms with E-state index in [1.54, 1.807) is 6.07 Å². The first-order valence-corrected chi connectivity index (χ1v) is 7.65. The maximum Gasteiger partial charge on any atom is 0.416 e. The van der Waals surface area contributed by atoms with E-state index in [0.29, 0.717) is 24.1 Å². The summed E-state index contributed by atoms with van der Waals surface area (Å²) in [6.07, 6.45) is 1.55. The summed E-state index contributed by atoms with van der Waals surface area (Å²) in [6, 6.07) is 4.64. The van der Waals surface area contributed by atoms with Crippen molar-refractivity contribution >= 4 is 5.69 Å². The molecule has 2 atom stereocenters. The van der Waals surface area contributed by atoms with Gasteiger partial charge in [-0.2, -0.15) is 13.2 Å². The van der Waals surface area contributed by atoms with Crippen molar-refractivity contribution in [1.29, 1.82) is 0 Å². The maximum absolute atomic E-state index is 13.2. The normalized spacial score (nSPS) is 26.8. The number of nitrogens with two attached hydrogens (primary N) is 1. The fraction of sp³-hybridized carbons (Fsp3) is 0.625. The fourth-order valence-corrected chi connectivity index (χ4v) is 3.97. The number of hydrogen-bond donors (Lipinski definition) is 1. The van der Waals surface area contributed by atoms with Gasteiger partial charge in [0.25, 0.3) is 0 Å². The Labute approximate surface area is 123 Å². The second-order valence-corrected chi connectivity index (χ2v) is 6.29. The van der Waals surface area contributed by atoms with Crippen LogP contribution in [0.4, 0.5) is 18.9 Å². The first-order chi connectivity index (χ1) is 9.95. The van der Waals surface area contributed by atoms with Crippen LogP contribution in [0.1, 0.15) is 43.2 Å². The predicted molar refractivity (Wildman–Crippen MR) is 76.6 cm³/mol. The molecule has 1 aliphatic heterocycles. The van der Waals surface area contributed by atoms with Gasteiger partial charge < -0.3 is 5.73 Å². The van der Waals surface area contributed by atoms with Gasteiger partial charge in [0.2, 0.25) is 0 Å². The lowest BCUT2D eigenvalue weighted by atomic mass is 9.91. The lowest BCUT2D eigenvalue weighted by Crippen LogP contribution is -2.42. The minimum atomic E-state index is -4.34. The topological polar surface area (TPSA) is 29.3 Å². The average Bonchev–Trinajstić information content (AvgIpc) is 2.89. The molecule has 2 aliphatic rings. The number of likely N-dealkylation sites (tertiary alicyclic amines) is 1. The van der Waals surface area contributed by atoms with Crippen LogP contribution < -0.4 is 5.73 Å². The molecule has 0 bridgehead atoms. The van der Waals surface area contributed by atoms with E-state index in [1.807, 2.05) is 0 Å². The molecule has 1 aromatic rings. The molecular formula is C16H21F3N2. The minimum absolute atomic E-state index is 0.170. The van der Waals surface area contributed by atoms with Crippen LogP contribution >= 0.6 is 0 Å². The Morgan fingerprint density at radius 3 is 2.67 bits per heavy atom. The Balaban J connectivity index is 1.84. The van der Waals surface area contributed by atoms with Crippen LogP contribution in [0, 0.1) is 5.92 Å². The van der Waals surface area contributed by atoms with Crippen molar-refractivity contribution in [3.05, 3.63) is 29.3 Å². The predicted octanol–water partition coefficient (Wildman–Crippen LogP) is 4.05. The summed E-state index contributed by atoms with van der Waals surface area (Å²) in [5.74, 6) is 0.682. The molecule has 1 aliphatic carbocycles. The number of nitrogens with zero attached hydrogens (tertiary/aromatic N) is 1. The van der Waals surface area contributed by atoms with Crippen molar-refractivity contribution in [3.63, 3.8) is 0 Å². The zero-order valence-electron chi connectivity index (χ0n) is 12.0. The molecule has 116 valence electrons. The molecule has 1 saturated carbocycles. The Kier molecular flexibility index (Phi) is 3.86. The second-order valence-electron chi connectivity index (χ2n) is 6.29. The largest absolute Gasteiger partial charge is 0.416 e. The van der Waals surface area contributed by atoms with Gasteiger partial charge in [-0.25, -0.2) is 0 Å². The molecule has 1 saturated heterocycles. The third kappa shape index (κ3) is 3.03. The maximum atomic E-state index is 13.2. The van der Waals surface area contributed by atoms with Gasteiger partial charge in [0.15, 0.2) is 0 Å². The number of anilines is 1. The summed E-state index contributed by atoms with van der Waals surface area (Å²) >= 11 is 0. The molecule has 2 unspecified atom stereocenters. The lowest BCUT2D eigenvalue weighted by Gasteiger charge is -2.38. The van der Waals surface area contributed by atoms with E-state index < -0.39 is 11.7 Å². The van der Waals surface area contributed by atoms with Gasteiger partial charge in [-0.05, 0) is 55.8 Å². The number of rotatable bonds is 2. The fourth-order valence-electron chi connectivity index (χ4n) is 3.97. The quantitative estimate of drug-likeness (QED) is 0.835. The van der Waals surface area contributed by atoms with Crippen molar-refractivity contribution in [2.75, 3.05) is 12.3 Å². The average molecular weight is 298 g/mol. The highest BCUT2D eigenvalue weighted by molar-refractivity contribution is 5.46. The molecule has 0 spiro atoms. The Morgan fingerprint density at radius 1 is 1.14 bits per heavy atom. The van der Waals surface area contributed by atoms with Crippen LogP contribution in [0.3, 0.4) is 0 Å². The van der Waals surface area contributed by atoms with E-state index in [2.05, 4.69) is 4.90 Å². The third-order valence-corrected chi connectivity index (χ3v) is 4.92. The highest BCUT2D eigenvalue weighted by Crippen LogP contribution is 2.39. The van der Waals surface area contributed by atoms with Crippen LogP contribution in [0.2, 0.25) is 0 Å². The van der Waals surface area contributed by atoms with E-state index in [-0.39, 0.29) is 5.69 Å². The van der Waals surface area contributed by atoms with Crippen molar-refractivity contribution in [1.82, 2.24) is 4.90 Å². The van der Waals surface area contributed by atoms with E-state index in [4.69, 9.17) is 5.73 Å². The summed E-state index contributed by atoms with van der Waals surface area (Å²) < 4.78 is 39.5. The molecule has 0 aromatic heterocycles. The monoisotopic (exact) mass is 298 g/mol. The van der Waals surface area contributed by atoms with Gasteiger partial charge in [-0.3, -0.25) is 4.90 Å². The molecule has 1 heterocycles. The van der Waals surface area contributed by atoms with Crippen LogP contribution in [-0.4, -0.2) is 17.5 Å². The third-order valence-electron chi connectivity index (χ3n) is 4.92. The molecular weight excluding hydrogens is 277 g/mol. The van der Waals surface area contributed by atoms with Crippen LogP contribution in [0.15, 0.2) is 18.2 Å². The summed E-state index contributed by atoms with van der Waals surface area (Å²) in [4.78, 5) is 2.25. The number of piperidine rings is 1. The van der Waals surface area contributed by atoms with E-state index in [1.165, 1.54) is 25.3 Å². The Morgan fingerprint density at radius 2 is 1.90 bits per heavy atom. The smallest absolute Gasteiger partial charge is 0.399 e. The van der Waals surface area contributed by atoms with Crippen molar-refractivity contribution in [2.45, 2.75) is 50.9 Å². The van der Waals surface area contributed by atoms with Gasteiger partial charge in [-0.15, -0.1) is 0 Å². The summed E-state index contributed by atoms with van der Waals surface area (Å²) in [6.45, 7) is 1.29. The van der Waals surface area contributed by atoms with Gasteiger partial charge >= 0.3 is 6.18 Å². The SMILES string of the molecule is Nc1ccc(CN2CCCC3CCCC32)c(C(F)(F)F)c1. The van der Waals surface area contributed by atoms with Gasteiger partial charge in [0, 0.05) is 18.3 Å². The number of hydrogen-bond acceptors (Lipinski definition) is 2. The number of alkyl halides is 3. The second kappa shape index (κ2) is 5.52. The Bertz CT molecular complexity index is 513. The molecule has 2 N–H and O–H groups in total. The van der Waals surface area contributed by atoms with Gasteiger partial charge in [-0.1, -0.05) is 12.5 Å². The number of benzene rings is 1. The zero-order valence-corrected chi connectivity index (χ0v) is 12.0. The van der Waals surface area contributed by atoms with Crippen molar-refractivity contribution in [2.24, 2.45) is 5.92 Å². The molecule has 2 fully saturated rings. The van der Waals surface area contributed by atoms with Crippen molar-refractivity contribution in [3.8, 4) is 0 Å². The van der Waals surface area contributed by atoms with Gasteiger partial charge in [0.05, 0.1) is 5.56 Å². The van der Waals surface area contributed by atoms with Crippen LogP contribution in [0.25, 0.3) is 0 Å². The molecule has 21 heavy (non-hydrogen) atoms. The van der Waals surface area contributed by atoms with E-state index in [9.17, 15) is 13.2 Å².